The van der Waals surface area contributed by atoms with Crippen molar-refractivity contribution in [2.24, 2.45) is 17.8 Å². The van der Waals surface area contributed by atoms with Crippen molar-refractivity contribution >= 4 is 5.91 Å². The normalized spacial score (nSPS) is 31.3. The van der Waals surface area contributed by atoms with Gasteiger partial charge in [-0.3, -0.25) is 9.78 Å². The molecule has 2 bridgehead atoms. The Hall–Kier alpha value is -1.38. The second-order valence-electron chi connectivity index (χ2n) is 5.84. The van der Waals surface area contributed by atoms with E-state index in [1.54, 1.807) is 18.5 Å². The van der Waals surface area contributed by atoms with Crippen LogP contribution in [0.2, 0.25) is 0 Å². The van der Waals surface area contributed by atoms with E-state index in [9.17, 15) is 4.79 Å². The monoisotopic (exact) mass is 244 g/mol. The molecule has 3 heteroatoms. The van der Waals surface area contributed by atoms with Gasteiger partial charge in [0.2, 0.25) is 0 Å². The third-order valence-electron chi connectivity index (χ3n) is 4.72. The number of nitrogens with one attached hydrogen (secondary N) is 1. The zero-order chi connectivity index (χ0) is 12.5. The summed E-state index contributed by atoms with van der Waals surface area (Å²) in [7, 11) is 0. The summed E-state index contributed by atoms with van der Waals surface area (Å²) in [6.45, 7) is 2.15. The van der Waals surface area contributed by atoms with Crippen molar-refractivity contribution in [2.75, 3.05) is 0 Å². The maximum Gasteiger partial charge on any atom is 0.253 e. The van der Waals surface area contributed by atoms with Gasteiger partial charge in [0, 0.05) is 18.4 Å². The molecule has 0 radical (unpaired) electrons. The average Bonchev–Trinajstić information content (AvgIpc) is 3.02. The van der Waals surface area contributed by atoms with Gasteiger partial charge >= 0.3 is 0 Å². The predicted molar refractivity (Wildman–Crippen MR) is 70.1 cm³/mol. The van der Waals surface area contributed by atoms with E-state index in [2.05, 4.69) is 17.2 Å². The molecule has 18 heavy (non-hydrogen) atoms. The van der Waals surface area contributed by atoms with Crippen LogP contribution in [0, 0.1) is 17.8 Å². The molecule has 1 N–H and O–H groups in total. The third-order valence-corrected chi connectivity index (χ3v) is 4.72. The number of amides is 1. The quantitative estimate of drug-likeness (QED) is 0.888. The van der Waals surface area contributed by atoms with Gasteiger partial charge in [0.05, 0.1) is 5.56 Å². The first-order chi connectivity index (χ1) is 8.74. The lowest BCUT2D eigenvalue weighted by Crippen LogP contribution is -2.40. The number of carbonyl (C=O) groups excluding carboxylic acids is 1. The summed E-state index contributed by atoms with van der Waals surface area (Å²) in [4.78, 5) is 16.1. The van der Waals surface area contributed by atoms with Gasteiger partial charge in [-0.05, 0) is 56.1 Å². The summed E-state index contributed by atoms with van der Waals surface area (Å²) in [5, 5.41) is 3.14. The zero-order valence-corrected chi connectivity index (χ0v) is 10.8. The molecule has 2 fully saturated rings. The van der Waals surface area contributed by atoms with E-state index in [-0.39, 0.29) is 11.9 Å². The van der Waals surface area contributed by atoms with Gasteiger partial charge < -0.3 is 5.32 Å². The number of rotatable bonds is 3. The van der Waals surface area contributed by atoms with E-state index in [4.69, 9.17) is 0 Å². The molecule has 96 valence electrons. The second kappa shape index (κ2) is 4.71. The molecular weight excluding hydrogens is 224 g/mol. The molecule has 0 saturated heterocycles. The highest BCUT2D eigenvalue weighted by atomic mass is 16.1. The summed E-state index contributed by atoms with van der Waals surface area (Å²) in [6, 6.07) is 3.90. The number of nitrogens with zero attached hydrogens (tertiary/aromatic N) is 1. The summed E-state index contributed by atoms with van der Waals surface area (Å²) in [5.74, 6) is 2.47. The lowest BCUT2D eigenvalue weighted by Gasteiger charge is -2.28. The maximum absolute atomic E-state index is 12.1. The molecule has 3 nitrogen and oxygen atoms in total. The van der Waals surface area contributed by atoms with E-state index < -0.39 is 0 Å². The Balaban J connectivity index is 1.61. The number of carbonyl (C=O) groups is 1. The van der Waals surface area contributed by atoms with Crippen molar-refractivity contribution in [3.05, 3.63) is 30.1 Å². The van der Waals surface area contributed by atoms with Gasteiger partial charge in [-0.2, -0.15) is 0 Å². The van der Waals surface area contributed by atoms with Gasteiger partial charge in [-0.25, -0.2) is 0 Å². The van der Waals surface area contributed by atoms with Gasteiger partial charge in [0.15, 0.2) is 0 Å². The topological polar surface area (TPSA) is 42.0 Å². The number of fused-ring (bicyclic) bond motifs is 2. The van der Waals surface area contributed by atoms with E-state index >= 15 is 0 Å². The lowest BCUT2D eigenvalue weighted by atomic mass is 9.84. The molecular formula is C15H20N2O. The van der Waals surface area contributed by atoms with Crippen LogP contribution < -0.4 is 5.32 Å². The summed E-state index contributed by atoms with van der Waals surface area (Å²) in [6.07, 6.45) is 8.78. The van der Waals surface area contributed by atoms with Crippen LogP contribution >= 0.6 is 0 Å². The van der Waals surface area contributed by atoms with E-state index in [0.29, 0.717) is 11.5 Å². The Morgan fingerprint density at radius 2 is 2.33 bits per heavy atom. The number of hydrogen-bond donors (Lipinski definition) is 1. The van der Waals surface area contributed by atoms with Crippen molar-refractivity contribution in [1.29, 1.82) is 0 Å². The van der Waals surface area contributed by atoms with Crippen LogP contribution in [-0.2, 0) is 0 Å². The van der Waals surface area contributed by atoms with Crippen LogP contribution in [0.25, 0.3) is 0 Å². The second-order valence-corrected chi connectivity index (χ2v) is 5.84. The van der Waals surface area contributed by atoms with Crippen molar-refractivity contribution < 1.29 is 4.79 Å². The van der Waals surface area contributed by atoms with Crippen molar-refractivity contribution in [2.45, 2.75) is 38.6 Å². The first kappa shape index (κ1) is 11.7. The molecule has 0 aromatic carbocycles. The first-order valence-corrected chi connectivity index (χ1v) is 6.95. The fraction of sp³-hybridized carbons (Fsp3) is 0.600. The highest BCUT2D eigenvalue weighted by Gasteiger charge is 2.42. The Kier molecular flexibility index (Phi) is 3.06. The Labute approximate surface area is 108 Å². The number of hydrogen-bond acceptors (Lipinski definition) is 2. The predicted octanol–water partition coefficient (Wildman–Crippen LogP) is 2.64. The minimum absolute atomic E-state index is 0.0124. The van der Waals surface area contributed by atoms with E-state index in [1.165, 1.54) is 25.7 Å². The fourth-order valence-electron chi connectivity index (χ4n) is 3.80. The van der Waals surface area contributed by atoms with Gasteiger partial charge in [0.25, 0.3) is 5.91 Å². The average molecular weight is 244 g/mol. The summed E-state index contributed by atoms with van der Waals surface area (Å²) < 4.78 is 0. The molecule has 1 heterocycles. The Bertz CT molecular complexity index is 431. The van der Waals surface area contributed by atoms with Crippen molar-refractivity contribution in [3.8, 4) is 0 Å². The first-order valence-electron chi connectivity index (χ1n) is 6.95. The summed E-state index contributed by atoms with van der Waals surface area (Å²) >= 11 is 0. The molecule has 1 aromatic heterocycles. The van der Waals surface area contributed by atoms with Gasteiger partial charge in [-0.1, -0.05) is 6.42 Å². The Morgan fingerprint density at radius 1 is 1.44 bits per heavy atom. The maximum atomic E-state index is 12.1. The van der Waals surface area contributed by atoms with Crippen LogP contribution in [0.3, 0.4) is 0 Å². The molecule has 1 aromatic rings. The lowest BCUT2D eigenvalue weighted by molar-refractivity contribution is 0.0915. The smallest absolute Gasteiger partial charge is 0.253 e. The van der Waals surface area contributed by atoms with Gasteiger partial charge in [-0.15, -0.1) is 0 Å². The fourth-order valence-corrected chi connectivity index (χ4v) is 3.80. The molecule has 4 atom stereocenters. The molecule has 0 spiro atoms. The van der Waals surface area contributed by atoms with Crippen LogP contribution in [0.15, 0.2) is 24.5 Å². The molecule has 0 unspecified atom stereocenters. The summed E-state index contributed by atoms with van der Waals surface area (Å²) in [5.41, 5.74) is 0.660. The van der Waals surface area contributed by atoms with Crippen LogP contribution in [0.1, 0.15) is 43.0 Å². The van der Waals surface area contributed by atoms with Gasteiger partial charge in [0.1, 0.15) is 0 Å². The molecule has 2 saturated carbocycles. The van der Waals surface area contributed by atoms with Crippen LogP contribution in [0.5, 0.6) is 0 Å². The Morgan fingerprint density at radius 3 is 2.94 bits per heavy atom. The van der Waals surface area contributed by atoms with Crippen molar-refractivity contribution in [3.63, 3.8) is 0 Å². The van der Waals surface area contributed by atoms with Crippen LogP contribution in [-0.4, -0.2) is 16.9 Å². The highest BCUT2D eigenvalue weighted by Crippen LogP contribution is 2.49. The standard InChI is InChI=1S/C15H20N2O/c1-10(14-8-11-4-5-12(14)7-11)17-15(18)13-3-2-6-16-9-13/h2-3,6,9-12,14H,4-5,7-8H2,1H3,(H,17,18)/t10-,11-,12-,14+/m1/s1. The largest absolute Gasteiger partial charge is 0.349 e. The van der Waals surface area contributed by atoms with Crippen LogP contribution in [0.4, 0.5) is 0 Å². The molecule has 2 aliphatic carbocycles. The van der Waals surface area contributed by atoms with E-state index in [0.717, 1.165) is 11.8 Å². The van der Waals surface area contributed by atoms with E-state index in [1.807, 2.05) is 6.07 Å². The minimum atomic E-state index is 0.0124. The number of pyridine rings is 1. The molecule has 0 aliphatic heterocycles. The number of aromatic nitrogens is 1. The molecule has 1 amide bonds. The minimum Gasteiger partial charge on any atom is -0.349 e. The SMILES string of the molecule is C[C@@H](NC(=O)c1cccnc1)[C@@H]1C[C@@H]2CC[C@@H]1C2. The zero-order valence-electron chi connectivity index (χ0n) is 10.8. The third kappa shape index (κ3) is 2.14. The molecule has 2 aliphatic rings. The molecule has 3 rings (SSSR count). The highest BCUT2D eigenvalue weighted by molar-refractivity contribution is 5.93. The van der Waals surface area contributed by atoms with Crippen molar-refractivity contribution in [1.82, 2.24) is 10.3 Å².